The summed E-state index contributed by atoms with van der Waals surface area (Å²) < 4.78 is 6.63. The van der Waals surface area contributed by atoms with Crippen molar-refractivity contribution in [3.05, 3.63) is 53.6 Å². The molecule has 3 amide bonds. The Morgan fingerprint density at radius 1 is 1.03 bits per heavy atom. The summed E-state index contributed by atoms with van der Waals surface area (Å²) in [5, 5.41) is 9.21. The molecule has 5 rings (SSSR count). The number of rotatable bonds is 6. The van der Waals surface area contributed by atoms with E-state index in [2.05, 4.69) is 0 Å². The van der Waals surface area contributed by atoms with Crippen molar-refractivity contribution in [1.82, 2.24) is 9.80 Å². The number of fused-ring (bicyclic) bond motifs is 2. The normalized spacial score (nSPS) is 31.4. The molecule has 1 aromatic carbocycles. The Morgan fingerprint density at radius 2 is 1.83 bits per heavy atom. The predicted molar refractivity (Wildman–Crippen MR) is 135 cm³/mol. The number of carbonyl (C=O) groups is 3. The number of aryl methyl sites for hydroxylation is 2. The van der Waals surface area contributed by atoms with Crippen LogP contribution in [0.2, 0.25) is 0 Å². The molecule has 1 unspecified atom stereocenters. The zero-order chi connectivity index (χ0) is 25.6. The molecule has 4 heterocycles. The van der Waals surface area contributed by atoms with Crippen molar-refractivity contribution in [3.63, 3.8) is 0 Å². The second-order valence-electron chi connectivity index (χ2n) is 10.4. The molecule has 2 fully saturated rings. The molecule has 0 radical (unpaired) electrons. The minimum absolute atomic E-state index is 0.0893. The molecule has 5 atom stereocenters. The Bertz CT molecular complexity index is 1130. The zero-order valence-corrected chi connectivity index (χ0v) is 21.2. The van der Waals surface area contributed by atoms with E-state index in [0.717, 1.165) is 23.2 Å². The SMILES string of the molecule is Cc1ccc(C)c(N2CC=C[C@]34O[C@H]5C=CCN(C)C(=O)[C@H]5[C@H]3C(=O)N(CCCCCO)C4C2=O)c1. The van der Waals surface area contributed by atoms with Crippen molar-refractivity contribution in [2.45, 2.75) is 50.9 Å². The fourth-order valence-corrected chi connectivity index (χ4v) is 6.30. The number of nitrogens with zero attached hydrogens (tertiary/aromatic N) is 3. The molecule has 4 aliphatic rings. The largest absolute Gasteiger partial charge is 0.396 e. The van der Waals surface area contributed by atoms with Crippen molar-refractivity contribution in [2.24, 2.45) is 11.8 Å². The van der Waals surface area contributed by atoms with Gasteiger partial charge in [-0.1, -0.05) is 36.4 Å². The fourth-order valence-electron chi connectivity index (χ4n) is 6.30. The minimum atomic E-state index is -1.20. The smallest absolute Gasteiger partial charge is 0.253 e. The van der Waals surface area contributed by atoms with Gasteiger partial charge < -0.3 is 24.5 Å². The molecule has 0 bridgehead atoms. The van der Waals surface area contributed by atoms with Crippen LogP contribution in [-0.4, -0.2) is 83.7 Å². The molecule has 1 aromatic rings. The standard InChI is InChI=1S/C28H35N3O5/c1-18-10-11-19(2)20(17-18)30-15-8-12-28-23(22-21(36-28)9-7-13-29(3)25(22)33)26(34)31(24(28)27(30)35)14-5-4-6-16-32/h7-12,17,21-24,32H,4-6,13-16H2,1-3H3/t21-,22+,23-,24?,28-/m0/s1. The third kappa shape index (κ3) is 3.78. The van der Waals surface area contributed by atoms with Gasteiger partial charge in [0.2, 0.25) is 11.8 Å². The van der Waals surface area contributed by atoms with Gasteiger partial charge in [0.1, 0.15) is 11.6 Å². The summed E-state index contributed by atoms with van der Waals surface area (Å²) in [5.74, 6) is -1.95. The van der Waals surface area contributed by atoms with Crippen LogP contribution >= 0.6 is 0 Å². The van der Waals surface area contributed by atoms with Crippen LogP contribution in [0, 0.1) is 25.7 Å². The molecule has 8 heteroatoms. The third-order valence-electron chi connectivity index (χ3n) is 8.07. The van der Waals surface area contributed by atoms with Crippen molar-refractivity contribution >= 4 is 23.4 Å². The Balaban J connectivity index is 1.59. The molecular formula is C28H35N3O5. The lowest BCUT2D eigenvalue weighted by atomic mass is 9.77. The highest BCUT2D eigenvalue weighted by Gasteiger charge is 2.71. The summed E-state index contributed by atoms with van der Waals surface area (Å²) in [6.07, 6.45) is 9.06. The van der Waals surface area contributed by atoms with Gasteiger partial charge in [-0.05, 0) is 50.3 Å². The first-order valence-electron chi connectivity index (χ1n) is 12.9. The van der Waals surface area contributed by atoms with E-state index in [0.29, 0.717) is 32.5 Å². The molecule has 4 aliphatic heterocycles. The van der Waals surface area contributed by atoms with Gasteiger partial charge in [-0.25, -0.2) is 0 Å². The topological polar surface area (TPSA) is 90.4 Å². The first-order chi connectivity index (χ1) is 17.3. The van der Waals surface area contributed by atoms with E-state index in [9.17, 15) is 19.5 Å². The van der Waals surface area contributed by atoms with Crippen LogP contribution in [0.1, 0.15) is 30.4 Å². The van der Waals surface area contributed by atoms with Gasteiger partial charge in [-0.15, -0.1) is 0 Å². The summed E-state index contributed by atoms with van der Waals surface area (Å²) >= 11 is 0. The second kappa shape index (κ2) is 9.48. The highest BCUT2D eigenvalue weighted by Crippen LogP contribution is 2.53. The van der Waals surface area contributed by atoms with Gasteiger partial charge in [-0.3, -0.25) is 14.4 Å². The lowest BCUT2D eigenvalue weighted by molar-refractivity contribution is -0.143. The quantitative estimate of drug-likeness (QED) is 0.484. The number of benzene rings is 1. The van der Waals surface area contributed by atoms with Crippen LogP contribution in [0.5, 0.6) is 0 Å². The van der Waals surface area contributed by atoms with Crippen molar-refractivity contribution < 1.29 is 24.2 Å². The van der Waals surface area contributed by atoms with Crippen LogP contribution in [0.3, 0.4) is 0 Å². The first-order valence-corrected chi connectivity index (χ1v) is 12.9. The lowest BCUT2D eigenvalue weighted by Crippen LogP contribution is -2.55. The molecule has 0 aromatic heterocycles. The Kier molecular flexibility index (Phi) is 6.51. The molecule has 0 aliphatic carbocycles. The summed E-state index contributed by atoms with van der Waals surface area (Å²) in [7, 11) is 1.74. The summed E-state index contributed by atoms with van der Waals surface area (Å²) in [5.41, 5.74) is 1.64. The highest BCUT2D eigenvalue weighted by atomic mass is 16.5. The number of ether oxygens (including phenoxy) is 1. The van der Waals surface area contributed by atoms with E-state index in [1.54, 1.807) is 21.7 Å². The molecule has 1 spiro atoms. The van der Waals surface area contributed by atoms with Gasteiger partial charge >= 0.3 is 0 Å². The van der Waals surface area contributed by atoms with Gasteiger partial charge in [-0.2, -0.15) is 0 Å². The van der Waals surface area contributed by atoms with Crippen LogP contribution in [0.4, 0.5) is 5.69 Å². The van der Waals surface area contributed by atoms with E-state index in [1.807, 2.05) is 56.4 Å². The number of carbonyl (C=O) groups excluding carboxylic acids is 3. The van der Waals surface area contributed by atoms with E-state index < -0.39 is 29.6 Å². The molecule has 2 saturated heterocycles. The summed E-state index contributed by atoms with van der Waals surface area (Å²) in [6, 6.07) is 5.16. The number of amides is 3. The maximum atomic E-state index is 14.4. The summed E-state index contributed by atoms with van der Waals surface area (Å²) in [6.45, 7) is 5.27. The van der Waals surface area contributed by atoms with Gasteiger partial charge in [0.25, 0.3) is 5.91 Å². The molecule has 192 valence electrons. The van der Waals surface area contributed by atoms with Gasteiger partial charge in [0.15, 0.2) is 0 Å². The number of hydrogen-bond acceptors (Lipinski definition) is 5. The van der Waals surface area contributed by atoms with E-state index in [1.165, 1.54) is 0 Å². The Hall–Kier alpha value is -2.97. The monoisotopic (exact) mass is 493 g/mol. The molecule has 36 heavy (non-hydrogen) atoms. The predicted octanol–water partition coefficient (Wildman–Crippen LogP) is 1.98. The van der Waals surface area contributed by atoms with Crippen molar-refractivity contribution in [3.8, 4) is 0 Å². The number of aliphatic hydroxyl groups excluding tert-OH is 1. The van der Waals surface area contributed by atoms with Crippen LogP contribution in [-0.2, 0) is 19.1 Å². The first kappa shape index (κ1) is 24.7. The van der Waals surface area contributed by atoms with Crippen LogP contribution in [0.15, 0.2) is 42.5 Å². The van der Waals surface area contributed by atoms with E-state index in [4.69, 9.17) is 4.74 Å². The Labute approximate surface area is 212 Å². The Morgan fingerprint density at radius 3 is 2.61 bits per heavy atom. The van der Waals surface area contributed by atoms with Crippen molar-refractivity contribution in [2.75, 3.05) is 38.2 Å². The highest BCUT2D eigenvalue weighted by molar-refractivity contribution is 6.06. The van der Waals surface area contributed by atoms with E-state index >= 15 is 0 Å². The zero-order valence-electron chi connectivity index (χ0n) is 21.2. The lowest BCUT2D eigenvalue weighted by Gasteiger charge is -2.35. The minimum Gasteiger partial charge on any atom is -0.396 e. The van der Waals surface area contributed by atoms with Crippen LogP contribution < -0.4 is 4.90 Å². The average Bonchev–Trinajstić information content (AvgIpc) is 3.17. The average molecular weight is 494 g/mol. The number of likely N-dealkylation sites (tertiary alicyclic amines) is 1. The fraction of sp³-hybridized carbons (Fsp3) is 0.536. The molecule has 0 saturated carbocycles. The maximum absolute atomic E-state index is 14.4. The van der Waals surface area contributed by atoms with Gasteiger partial charge in [0, 0.05) is 39.0 Å². The number of likely N-dealkylation sites (N-methyl/N-ethyl adjacent to an activating group) is 1. The van der Waals surface area contributed by atoms with E-state index in [-0.39, 0.29) is 24.3 Å². The van der Waals surface area contributed by atoms with Gasteiger partial charge in [0.05, 0.1) is 17.9 Å². The number of unbranched alkanes of at least 4 members (excludes halogenated alkanes) is 2. The number of aliphatic hydroxyl groups is 1. The molecule has 8 nitrogen and oxygen atoms in total. The number of hydrogen-bond donors (Lipinski definition) is 1. The number of anilines is 1. The second-order valence-corrected chi connectivity index (χ2v) is 10.4. The summed E-state index contributed by atoms with van der Waals surface area (Å²) in [4.78, 5) is 46.8. The molecular weight excluding hydrogens is 458 g/mol. The maximum Gasteiger partial charge on any atom is 0.253 e. The third-order valence-corrected chi connectivity index (χ3v) is 8.07. The van der Waals surface area contributed by atoms with Crippen molar-refractivity contribution in [1.29, 1.82) is 0 Å². The molecule has 1 N–H and O–H groups in total. The van der Waals surface area contributed by atoms with Crippen LogP contribution in [0.25, 0.3) is 0 Å².